The number of halogens is 2. The van der Waals surface area contributed by atoms with Crippen molar-refractivity contribution in [1.29, 1.82) is 0 Å². The van der Waals surface area contributed by atoms with Gasteiger partial charge < -0.3 is 20.0 Å². The Morgan fingerprint density at radius 1 is 1.14 bits per heavy atom. The zero-order valence-corrected chi connectivity index (χ0v) is 21.5. The number of nitrogens with zero attached hydrogens (tertiary/aromatic N) is 2. The highest BCUT2D eigenvalue weighted by molar-refractivity contribution is 7.80. The average molecular weight is 535 g/mol. The van der Waals surface area contributed by atoms with Gasteiger partial charge in [0.25, 0.3) is 0 Å². The second-order valence-electron chi connectivity index (χ2n) is 8.74. The largest absolute Gasteiger partial charge is 0.459 e. The Bertz CT molecular complexity index is 1430. The van der Waals surface area contributed by atoms with Gasteiger partial charge in [-0.05, 0) is 79.3 Å². The summed E-state index contributed by atoms with van der Waals surface area (Å²) in [5, 5.41) is 7.33. The van der Waals surface area contributed by atoms with Crippen molar-refractivity contribution in [3.8, 4) is 11.3 Å². The molecule has 2 N–H and O–H groups in total. The van der Waals surface area contributed by atoms with E-state index in [-0.39, 0.29) is 30.2 Å². The Balaban J connectivity index is 1.41. The van der Waals surface area contributed by atoms with E-state index in [0.29, 0.717) is 33.9 Å². The molecule has 1 aliphatic heterocycles. The molecule has 5 rings (SSSR count). The van der Waals surface area contributed by atoms with Crippen LogP contribution in [0.4, 0.5) is 10.1 Å². The third-order valence-electron chi connectivity index (χ3n) is 6.36. The van der Waals surface area contributed by atoms with Crippen LogP contribution in [-0.2, 0) is 4.79 Å². The predicted octanol–water partition coefficient (Wildman–Crippen LogP) is 6.44. The number of carbonyl (C=O) groups excluding carboxylic acids is 1. The SMILES string of the molecule is Cc1c(Cl)cccc1-c1ccc([C@H]2[C@H](c3ccccn3)NC(=S)N2CCC(=O)Nc2ccc(F)cc2)o1. The molecule has 0 spiro atoms. The molecule has 0 aliphatic carbocycles. The number of rotatable bonds is 7. The summed E-state index contributed by atoms with van der Waals surface area (Å²) >= 11 is 12.0. The fourth-order valence-electron chi connectivity index (χ4n) is 4.46. The maximum Gasteiger partial charge on any atom is 0.226 e. The number of furan rings is 1. The van der Waals surface area contributed by atoms with Crippen LogP contribution in [-0.4, -0.2) is 27.4 Å². The lowest BCUT2D eigenvalue weighted by molar-refractivity contribution is -0.116. The fraction of sp³-hybridized carbons (Fsp3) is 0.179. The third kappa shape index (κ3) is 5.35. The summed E-state index contributed by atoms with van der Waals surface area (Å²) in [5.41, 5.74) is 3.18. The van der Waals surface area contributed by atoms with E-state index >= 15 is 0 Å². The molecule has 0 bridgehead atoms. The predicted molar refractivity (Wildman–Crippen MR) is 146 cm³/mol. The highest BCUT2D eigenvalue weighted by Crippen LogP contribution is 2.41. The number of hydrogen-bond acceptors (Lipinski definition) is 4. The van der Waals surface area contributed by atoms with Crippen LogP contribution in [0.3, 0.4) is 0 Å². The Kier molecular flexibility index (Phi) is 7.21. The van der Waals surface area contributed by atoms with Gasteiger partial charge in [0.05, 0.1) is 11.7 Å². The number of hydrogen-bond donors (Lipinski definition) is 2. The monoisotopic (exact) mass is 534 g/mol. The van der Waals surface area contributed by atoms with Crippen LogP contribution in [0.5, 0.6) is 0 Å². The molecule has 188 valence electrons. The minimum Gasteiger partial charge on any atom is -0.459 e. The molecule has 1 aliphatic rings. The van der Waals surface area contributed by atoms with E-state index < -0.39 is 0 Å². The van der Waals surface area contributed by atoms with Crippen molar-refractivity contribution in [1.82, 2.24) is 15.2 Å². The van der Waals surface area contributed by atoms with Crippen LogP contribution < -0.4 is 10.6 Å². The number of thiocarbonyl (C=S) groups is 1. The molecule has 0 radical (unpaired) electrons. The minimum atomic E-state index is -0.360. The summed E-state index contributed by atoms with van der Waals surface area (Å²) in [6, 6.07) is 20.3. The normalized spacial score (nSPS) is 17.1. The van der Waals surface area contributed by atoms with Gasteiger partial charge in [-0.2, -0.15) is 0 Å². The second-order valence-corrected chi connectivity index (χ2v) is 9.53. The van der Waals surface area contributed by atoms with Crippen LogP contribution in [0, 0.1) is 12.7 Å². The van der Waals surface area contributed by atoms with Gasteiger partial charge >= 0.3 is 0 Å². The molecule has 2 aromatic heterocycles. The molecule has 0 unspecified atom stereocenters. The number of carbonyl (C=O) groups is 1. The summed E-state index contributed by atoms with van der Waals surface area (Å²) < 4.78 is 19.6. The quantitative estimate of drug-likeness (QED) is 0.266. The minimum absolute atomic E-state index is 0.172. The molecule has 3 heterocycles. The molecule has 0 saturated carbocycles. The number of pyridine rings is 1. The molecule has 2 atom stereocenters. The van der Waals surface area contributed by atoms with Gasteiger partial charge in [-0.15, -0.1) is 0 Å². The van der Waals surface area contributed by atoms with Gasteiger partial charge in [-0.1, -0.05) is 29.8 Å². The highest BCUT2D eigenvalue weighted by Gasteiger charge is 2.41. The van der Waals surface area contributed by atoms with Gasteiger partial charge in [0, 0.05) is 35.4 Å². The lowest BCUT2D eigenvalue weighted by atomic mass is 10.0. The standard InChI is InChI=1S/C28H24ClFN4O2S/c1-17-20(5-4-6-21(17)29)23-12-13-24(36-23)27-26(22-7-2-3-15-31-22)33-28(37)34(27)16-14-25(35)32-19-10-8-18(30)9-11-19/h2-13,15,26-27H,14,16H2,1H3,(H,32,35)(H,33,37)/t26-,27-/m0/s1. The lowest BCUT2D eigenvalue weighted by Gasteiger charge is -2.25. The number of benzene rings is 2. The van der Waals surface area contributed by atoms with E-state index in [1.165, 1.54) is 24.3 Å². The first-order valence-corrected chi connectivity index (χ1v) is 12.6. The Hall–Kier alpha value is -3.75. The molecule has 2 aromatic carbocycles. The van der Waals surface area contributed by atoms with Crippen LogP contribution in [0.2, 0.25) is 5.02 Å². The molecule has 1 amide bonds. The summed E-state index contributed by atoms with van der Waals surface area (Å²) in [6.45, 7) is 2.30. The molecule has 1 fully saturated rings. The molecule has 1 saturated heterocycles. The van der Waals surface area contributed by atoms with Crippen molar-refractivity contribution in [3.63, 3.8) is 0 Å². The van der Waals surface area contributed by atoms with E-state index in [1.807, 2.05) is 60.4 Å². The first-order chi connectivity index (χ1) is 17.9. The smallest absolute Gasteiger partial charge is 0.226 e. The van der Waals surface area contributed by atoms with Crippen LogP contribution in [0.1, 0.15) is 35.5 Å². The lowest BCUT2D eigenvalue weighted by Crippen LogP contribution is -2.32. The zero-order valence-electron chi connectivity index (χ0n) is 19.9. The number of nitrogens with one attached hydrogen (secondary N) is 2. The summed E-state index contributed by atoms with van der Waals surface area (Å²) in [6.07, 6.45) is 1.91. The van der Waals surface area contributed by atoms with Gasteiger partial charge in [0.15, 0.2) is 5.11 Å². The Morgan fingerprint density at radius 3 is 2.70 bits per heavy atom. The van der Waals surface area contributed by atoms with E-state index in [4.69, 9.17) is 28.2 Å². The highest BCUT2D eigenvalue weighted by atomic mass is 35.5. The van der Waals surface area contributed by atoms with Gasteiger partial charge in [0.2, 0.25) is 5.91 Å². The van der Waals surface area contributed by atoms with Crippen molar-refractivity contribution in [2.75, 3.05) is 11.9 Å². The average Bonchev–Trinajstić information content (AvgIpc) is 3.51. The first kappa shape index (κ1) is 24.9. The molecule has 4 aromatic rings. The number of anilines is 1. The van der Waals surface area contributed by atoms with Crippen molar-refractivity contribution < 1.29 is 13.6 Å². The molecular formula is C28H24ClFN4O2S. The van der Waals surface area contributed by atoms with Gasteiger partial charge in [0.1, 0.15) is 23.4 Å². The molecule has 9 heteroatoms. The van der Waals surface area contributed by atoms with Gasteiger partial charge in [-0.25, -0.2) is 4.39 Å². The van der Waals surface area contributed by atoms with Crippen molar-refractivity contribution >= 4 is 40.5 Å². The van der Waals surface area contributed by atoms with Crippen molar-refractivity contribution in [2.24, 2.45) is 0 Å². The molecule has 37 heavy (non-hydrogen) atoms. The van der Waals surface area contributed by atoms with E-state index in [0.717, 1.165) is 16.8 Å². The summed E-state index contributed by atoms with van der Waals surface area (Å²) in [7, 11) is 0. The van der Waals surface area contributed by atoms with Crippen molar-refractivity contribution in [3.05, 3.63) is 107 Å². The zero-order chi connectivity index (χ0) is 25.9. The van der Waals surface area contributed by atoms with Crippen molar-refractivity contribution in [2.45, 2.75) is 25.4 Å². The third-order valence-corrected chi connectivity index (χ3v) is 7.12. The fourth-order valence-corrected chi connectivity index (χ4v) is 4.97. The first-order valence-electron chi connectivity index (χ1n) is 11.8. The van der Waals surface area contributed by atoms with Crippen LogP contribution >= 0.6 is 23.8 Å². The molecule has 6 nitrogen and oxygen atoms in total. The number of amides is 1. The van der Waals surface area contributed by atoms with E-state index in [1.54, 1.807) is 6.20 Å². The Morgan fingerprint density at radius 2 is 1.95 bits per heavy atom. The molecular weight excluding hydrogens is 511 g/mol. The topological polar surface area (TPSA) is 70.4 Å². The maximum atomic E-state index is 13.2. The van der Waals surface area contributed by atoms with E-state index in [9.17, 15) is 9.18 Å². The Labute approximate surface area is 224 Å². The summed E-state index contributed by atoms with van der Waals surface area (Å²) in [4.78, 5) is 19.2. The van der Waals surface area contributed by atoms with Crippen LogP contribution in [0.15, 0.2) is 83.4 Å². The maximum absolute atomic E-state index is 13.2. The van der Waals surface area contributed by atoms with Gasteiger partial charge in [-0.3, -0.25) is 9.78 Å². The number of aromatic nitrogens is 1. The van der Waals surface area contributed by atoms with E-state index in [2.05, 4.69) is 15.6 Å². The van der Waals surface area contributed by atoms with Crippen LogP contribution in [0.25, 0.3) is 11.3 Å². The second kappa shape index (κ2) is 10.7. The summed E-state index contributed by atoms with van der Waals surface area (Å²) in [5.74, 6) is 0.822.